The molecule has 0 aromatic carbocycles. The number of halogens is 1. The van der Waals surface area contributed by atoms with E-state index in [2.05, 4.69) is 23.4 Å². The van der Waals surface area contributed by atoms with Crippen molar-refractivity contribution in [2.24, 2.45) is 0 Å². The Morgan fingerprint density at radius 1 is 1.25 bits per heavy atom. The minimum absolute atomic E-state index is 0.0104. The van der Waals surface area contributed by atoms with Crippen LogP contribution in [-0.2, 0) is 9.53 Å². The van der Waals surface area contributed by atoms with Gasteiger partial charge in [0.15, 0.2) is 0 Å². The summed E-state index contributed by atoms with van der Waals surface area (Å²) in [6.45, 7) is 6.70. The molecule has 0 spiro atoms. The van der Waals surface area contributed by atoms with Gasteiger partial charge >= 0.3 is 0 Å². The van der Waals surface area contributed by atoms with Crippen molar-refractivity contribution in [2.45, 2.75) is 109 Å². The highest BCUT2D eigenvalue weighted by atomic mass is 19.1. The number of amides is 1. The molecule has 0 aromatic rings. The van der Waals surface area contributed by atoms with E-state index in [1.165, 1.54) is 37.8 Å². The fourth-order valence-corrected chi connectivity index (χ4v) is 4.68. The maximum absolute atomic E-state index is 14.6. The van der Waals surface area contributed by atoms with Gasteiger partial charge in [0.1, 0.15) is 12.2 Å². The molecule has 0 saturated carbocycles. The summed E-state index contributed by atoms with van der Waals surface area (Å²) in [5, 5.41) is 2.11. The Morgan fingerprint density at radius 2 is 2.00 bits per heavy atom. The molecular formula is C22H38FN3O2. The molecule has 28 heavy (non-hydrogen) atoms. The molecular weight excluding hydrogens is 357 g/mol. The molecule has 2 heterocycles. The van der Waals surface area contributed by atoms with Crippen LogP contribution in [0.2, 0.25) is 0 Å². The highest BCUT2D eigenvalue weighted by Crippen LogP contribution is 2.28. The lowest BCUT2D eigenvalue weighted by atomic mass is 10.0. The maximum atomic E-state index is 14.6. The second-order valence-electron chi connectivity index (χ2n) is 8.97. The maximum Gasteiger partial charge on any atom is 0.247 e. The highest BCUT2D eigenvalue weighted by Gasteiger charge is 2.41. The minimum atomic E-state index is -1.11. The lowest BCUT2D eigenvalue weighted by Crippen LogP contribution is -2.54. The second-order valence-corrected chi connectivity index (χ2v) is 8.97. The van der Waals surface area contributed by atoms with Crippen LogP contribution in [0.3, 0.4) is 0 Å². The number of nitrogens with zero attached hydrogens (tertiary/aromatic N) is 2. The smallest absolute Gasteiger partial charge is 0.247 e. The van der Waals surface area contributed by atoms with E-state index in [0.717, 1.165) is 19.3 Å². The number of ether oxygens (including phenoxy) is 1. The summed E-state index contributed by atoms with van der Waals surface area (Å²) >= 11 is 0. The summed E-state index contributed by atoms with van der Waals surface area (Å²) in [6, 6.07) is 0.0298. The summed E-state index contributed by atoms with van der Waals surface area (Å²) < 4.78 is 20.3. The first-order chi connectivity index (χ1) is 13.5. The zero-order chi connectivity index (χ0) is 20.1. The number of hydrazine groups is 1. The number of carbonyl (C=O) groups is 1. The number of hydrogen-bond acceptors (Lipinski definition) is 4. The summed E-state index contributed by atoms with van der Waals surface area (Å²) in [6.07, 6.45) is 10.5. The first-order valence-corrected chi connectivity index (χ1v) is 11.3. The quantitative estimate of drug-likeness (QED) is 0.783. The van der Waals surface area contributed by atoms with Gasteiger partial charge in [0.2, 0.25) is 5.91 Å². The van der Waals surface area contributed by atoms with Crippen molar-refractivity contribution >= 4 is 5.91 Å². The van der Waals surface area contributed by atoms with Crippen molar-refractivity contribution in [3.05, 3.63) is 11.8 Å². The van der Waals surface area contributed by atoms with E-state index < -0.39 is 12.3 Å². The van der Waals surface area contributed by atoms with Crippen LogP contribution in [0.15, 0.2) is 11.8 Å². The highest BCUT2D eigenvalue weighted by molar-refractivity contribution is 5.82. The molecule has 2 saturated heterocycles. The Labute approximate surface area is 169 Å². The van der Waals surface area contributed by atoms with E-state index >= 15 is 0 Å². The number of carbonyl (C=O) groups excluding carboxylic acids is 1. The summed E-state index contributed by atoms with van der Waals surface area (Å²) in [7, 11) is 0. The molecule has 0 radical (unpaired) electrons. The molecule has 3 rings (SSSR count). The fourth-order valence-electron chi connectivity index (χ4n) is 4.68. The van der Waals surface area contributed by atoms with Gasteiger partial charge in [-0.15, -0.1) is 0 Å². The van der Waals surface area contributed by atoms with Gasteiger partial charge in [-0.3, -0.25) is 4.79 Å². The van der Waals surface area contributed by atoms with Crippen molar-refractivity contribution in [3.8, 4) is 0 Å². The van der Waals surface area contributed by atoms with E-state index in [9.17, 15) is 9.18 Å². The lowest BCUT2D eigenvalue weighted by molar-refractivity contribution is -0.143. The number of piperidine rings is 1. The molecule has 1 aliphatic carbocycles. The topological polar surface area (TPSA) is 44.8 Å². The van der Waals surface area contributed by atoms with Crippen molar-refractivity contribution in [1.82, 2.24) is 15.3 Å². The van der Waals surface area contributed by atoms with Gasteiger partial charge in [-0.25, -0.2) is 9.82 Å². The number of allylic oxidation sites excluding steroid dienone is 2. The summed E-state index contributed by atoms with van der Waals surface area (Å²) in [5.41, 5.74) is 4.76. The largest absolute Gasteiger partial charge is 0.372 e. The van der Waals surface area contributed by atoms with Crippen LogP contribution in [0.25, 0.3) is 0 Å². The van der Waals surface area contributed by atoms with Gasteiger partial charge in [0, 0.05) is 18.3 Å². The van der Waals surface area contributed by atoms with Crippen molar-refractivity contribution in [3.63, 3.8) is 0 Å². The van der Waals surface area contributed by atoms with Crippen LogP contribution in [0.1, 0.15) is 78.6 Å². The first-order valence-electron chi connectivity index (χ1n) is 11.3. The Bertz CT molecular complexity index is 554. The van der Waals surface area contributed by atoms with Gasteiger partial charge in [0.05, 0.1) is 18.8 Å². The third-order valence-electron chi connectivity index (χ3n) is 6.10. The molecule has 1 amide bonds. The Hall–Kier alpha value is -1.14. The van der Waals surface area contributed by atoms with Crippen molar-refractivity contribution < 1.29 is 13.9 Å². The molecule has 2 aliphatic heterocycles. The number of rotatable bonds is 4. The van der Waals surface area contributed by atoms with Crippen LogP contribution in [0, 0.1) is 0 Å². The molecule has 3 aliphatic rings. The average Bonchev–Trinajstić information content (AvgIpc) is 3.09. The van der Waals surface area contributed by atoms with Gasteiger partial charge in [-0.1, -0.05) is 25.3 Å². The summed E-state index contributed by atoms with van der Waals surface area (Å²) in [4.78, 5) is 15.0. The molecule has 2 unspecified atom stereocenters. The van der Waals surface area contributed by atoms with E-state index in [0.29, 0.717) is 13.0 Å². The Kier molecular flexibility index (Phi) is 7.75. The molecule has 0 bridgehead atoms. The van der Waals surface area contributed by atoms with Gasteiger partial charge in [-0.2, -0.15) is 0 Å². The average molecular weight is 396 g/mol. The predicted octanol–water partition coefficient (Wildman–Crippen LogP) is 3.95. The molecule has 4 atom stereocenters. The van der Waals surface area contributed by atoms with Crippen LogP contribution < -0.4 is 5.43 Å². The third-order valence-corrected chi connectivity index (χ3v) is 6.10. The molecule has 5 nitrogen and oxygen atoms in total. The predicted molar refractivity (Wildman–Crippen MR) is 109 cm³/mol. The van der Waals surface area contributed by atoms with E-state index in [1.54, 1.807) is 4.90 Å². The first kappa shape index (κ1) is 21.6. The van der Waals surface area contributed by atoms with Gasteiger partial charge in [0.25, 0.3) is 0 Å². The molecule has 1 N–H and O–H groups in total. The standard InChI is InChI=1S/C22H38FN3O2/c1-16(2)28-21-12-13-25(15-19(21)23)22(27)20-14-17(3)24-26(20)18-10-8-6-4-5-7-9-11-18/h10,16-17,19-21,24H,4-9,11-15H2,1-3H3/b18-10+/t17?,19-,20?,21+/m1/s1. The van der Waals surface area contributed by atoms with Gasteiger partial charge < -0.3 is 14.6 Å². The lowest BCUT2D eigenvalue weighted by Gasteiger charge is -2.38. The second kappa shape index (κ2) is 10.1. The van der Waals surface area contributed by atoms with Crippen LogP contribution in [0.4, 0.5) is 4.39 Å². The zero-order valence-corrected chi connectivity index (χ0v) is 17.8. The Morgan fingerprint density at radius 3 is 2.75 bits per heavy atom. The van der Waals surface area contributed by atoms with E-state index in [4.69, 9.17) is 4.74 Å². The zero-order valence-electron chi connectivity index (χ0n) is 17.8. The van der Waals surface area contributed by atoms with Crippen molar-refractivity contribution in [1.29, 1.82) is 0 Å². The van der Waals surface area contributed by atoms with Crippen LogP contribution >= 0.6 is 0 Å². The SMILES string of the molecule is CC1CC(C(=O)N2CC[C@H](OC(C)C)[C@H](F)C2)N(/C2=C/CCCCCCC2)N1. The fraction of sp³-hybridized carbons (Fsp3) is 0.864. The van der Waals surface area contributed by atoms with Crippen LogP contribution in [0.5, 0.6) is 0 Å². The number of likely N-dealkylation sites (tertiary alicyclic amines) is 1. The Balaban J connectivity index is 1.66. The van der Waals surface area contributed by atoms with E-state index in [-0.39, 0.29) is 30.6 Å². The van der Waals surface area contributed by atoms with E-state index in [1.807, 2.05) is 13.8 Å². The number of nitrogens with one attached hydrogen (secondary N) is 1. The normalized spacial score (nSPS) is 34.5. The molecule has 2 fully saturated rings. The van der Waals surface area contributed by atoms with Crippen molar-refractivity contribution in [2.75, 3.05) is 13.1 Å². The summed E-state index contributed by atoms with van der Waals surface area (Å²) in [5.74, 6) is 0.0586. The molecule has 160 valence electrons. The van der Waals surface area contributed by atoms with Gasteiger partial charge in [-0.05, 0) is 59.3 Å². The molecule has 6 heteroatoms. The number of alkyl halides is 1. The minimum Gasteiger partial charge on any atom is -0.372 e. The molecule has 0 aromatic heterocycles. The third kappa shape index (κ3) is 5.47. The van der Waals surface area contributed by atoms with Crippen LogP contribution in [-0.4, -0.2) is 59.4 Å². The number of hydrogen-bond donors (Lipinski definition) is 1. The monoisotopic (exact) mass is 395 g/mol.